The lowest BCUT2D eigenvalue weighted by Crippen LogP contribution is -2.43. The first-order valence-electron chi connectivity index (χ1n) is 9.10. The van der Waals surface area contributed by atoms with E-state index in [1.54, 1.807) is 0 Å². The van der Waals surface area contributed by atoms with E-state index in [9.17, 15) is 19.7 Å². The van der Waals surface area contributed by atoms with E-state index in [2.05, 4.69) is 5.32 Å². The number of hydrogen-bond donors (Lipinski definition) is 1. The lowest BCUT2D eigenvalue weighted by Gasteiger charge is -2.23. The van der Waals surface area contributed by atoms with Crippen LogP contribution in [-0.2, 0) is 16.1 Å². The average Bonchev–Trinajstić information content (AvgIpc) is 3.23. The summed E-state index contributed by atoms with van der Waals surface area (Å²) in [5.74, 6) is -0.227. The Morgan fingerprint density at radius 1 is 1.24 bits per heavy atom. The fraction of sp³-hybridized carbons (Fsp3) is 0.300. The monoisotopic (exact) mass is 399 g/mol. The predicted octanol–water partition coefficient (Wildman–Crippen LogP) is 3.34. The second-order valence-corrected chi connectivity index (χ2v) is 6.52. The standard InChI is InChI=1S/C20H21N3O6/c1-28-18-12-15(23(26)27)9-10-16(18)21-19(24)17-8-5-11-22(17)20(25)29-13-14-6-3-2-4-7-14/h2-4,6-7,9-10,12,17H,5,8,11,13H2,1H3,(H,21,24). The molecule has 2 aromatic rings. The van der Waals surface area contributed by atoms with Crippen LogP contribution in [0, 0.1) is 10.1 Å². The van der Waals surface area contributed by atoms with E-state index in [0.29, 0.717) is 25.1 Å². The van der Waals surface area contributed by atoms with Crippen molar-refractivity contribution in [2.24, 2.45) is 0 Å². The number of nitrogens with zero attached hydrogens (tertiary/aromatic N) is 2. The molecular weight excluding hydrogens is 378 g/mol. The number of likely N-dealkylation sites (tertiary alicyclic amines) is 1. The highest BCUT2D eigenvalue weighted by Crippen LogP contribution is 2.30. The van der Waals surface area contributed by atoms with Crippen molar-refractivity contribution in [1.82, 2.24) is 4.90 Å². The van der Waals surface area contributed by atoms with Crippen LogP contribution in [0.5, 0.6) is 5.75 Å². The summed E-state index contributed by atoms with van der Waals surface area (Å²) in [4.78, 5) is 36.9. The number of nitro benzene ring substituents is 1. The van der Waals surface area contributed by atoms with Gasteiger partial charge in [-0.05, 0) is 24.5 Å². The van der Waals surface area contributed by atoms with Crippen LogP contribution < -0.4 is 10.1 Å². The number of ether oxygens (including phenoxy) is 2. The van der Waals surface area contributed by atoms with E-state index in [1.165, 1.54) is 30.2 Å². The van der Waals surface area contributed by atoms with Crippen molar-refractivity contribution in [2.75, 3.05) is 19.0 Å². The molecule has 0 radical (unpaired) electrons. The van der Waals surface area contributed by atoms with Gasteiger partial charge < -0.3 is 14.8 Å². The lowest BCUT2D eigenvalue weighted by atomic mass is 10.2. The molecule has 2 amide bonds. The Bertz CT molecular complexity index is 902. The van der Waals surface area contributed by atoms with Gasteiger partial charge in [0.2, 0.25) is 5.91 Å². The van der Waals surface area contributed by atoms with Crippen molar-refractivity contribution >= 4 is 23.4 Å². The van der Waals surface area contributed by atoms with Gasteiger partial charge >= 0.3 is 6.09 Å². The number of anilines is 1. The second-order valence-electron chi connectivity index (χ2n) is 6.52. The molecule has 152 valence electrons. The Hall–Kier alpha value is -3.62. The Labute approximate surface area is 167 Å². The first-order valence-corrected chi connectivity index (χ1v) is 9.10. The van der Waals surface area contributed by atoms with Crippen molar-refractivity contribution in [1.29, 1.82) is 0 Å². The number of amides is 2. The molecule has 3 rings (SSSR count). The maximum atomic E-state index is 12.7. The Kier molecular flexibility index (Phi) is 6.28. The minimum atomic E-state index is -0.682. The molecule has 0 saturated carbocycles. The number of nitro groups is 1. The van der Waals surface area contributed by atoms with Gasteiger partial charge in [0.1, 0.15) is 18.4 Å². The van der Waals surface area contributed by atoms with Gasteiger partial charge in [0.15, 0.2) is 0 Å². The number of non-ortho nitro benzene ring substituents is 1. The van der Waals surface area contributed by atoms with Gasteiger partial charge in [0.25, 0.3) is 5.69 Å². The Morgan fingerprint density at radius 3 is 2.69 bits per heavy atom. The highest BCUT2D eigenvalue weighted by molar-refractivity contribution is 5.98. The van der Waals surface area contributed by atoms with Gasteiger partial charge in [-0.1, -0.05) is 30.3 Å². The summed E-state index contributed by atoms with van der Waals surface area (Å²) in [6.45, 7) is 0.545. The maximum Gasteiger partial charge on any atom is 0.410 e. The zero-order valence-corrected chi connectivity index (χ0v) is 15.9. The molecule has 1 N–H and O–H groups in total. The van der Waals surface area contributed by atoms with Crippen molar-refractivity contribution in [3.05, 3.63) is 64.2 Å². The van der Waals surface area contributed by atoms with E-state index in [4.69, 9.17) is 9.47 Å². The molecule has 29 heavy (non-hydrogen) atoms. The summed E-state index contributed by atoms with van der Waals surface area (Å²) in [6.07, 6.45) is 0.625. The normalized spacial score (nSPS) is 15.6. The number of hydrogen-bond acceptors (Lipinski definition) is 6. The fourth-order valence-electron chi connectivity index (χ4n) is 3.17. The van der Waals surface area contributed by atoms with E-state index < -0.39 is 23.0 Å². The molecule has 0 spiro atoms. The highest BCUT2D eigenvalue weighted by atomic mass is 16.6. The van der Waals surface area contributed by atoms with Crippen LogP contribution in [0.1, 0.15) is 18.4 Å². The average molecular weight is 399 g/mol. The van der Waals surface area contributed by atoms with Crippen LogP contribution in [0.15, 0.2) is 48.5 Å². The minimum Gasteiger partial charge on any atom is -0.494 e. The first-order chi connectivity index (χ1) is 14.0. The van der Waals surface area contributed by atoms with Crippen LogP contribution >= 0.6 is 0 Å². The SMILES string of the molecule is COc1cc([N+](=O)[O-])ccc1NC(=O)C1CCCN1C(=O)OCc1ccccc1. The predicted molar refractivity (Wildman–Crippen MR) is 105 cm³/mol. The van der Waals surface area contributed by atoms with Crippen LogP contribution in [0.4, 0.5) is 16.2 Å². The molecule has 9 heteroatoms. The third-order valence-electron chi connectivity index (χ3n) is 4.65. The number of carbonyl (C=O) groups is 2. The van der Waals surface area contributed by atoms with Crippen molar-refractivity contribution in [3.63, 3.8) is 0 Å². The maximum absolute atomic E-state index is 12.7. The molecule has 2 aromatic carbocycles. The summed E-state index contributed by atoms with van der Waals surface area (Å²) in [5.41, 5.74) is 1.01. The number of nitrogens with one attached hydrogen (secondary N) is 1. The van der Waals surface area contributed by atoms with Gasteiger partial charge in [-0.3, -0.25) is 19.8 Å². The molecule has 1 fully saturated rings. The number of methoxy groups -OCH3 is 1. The largest absolute Gasteiger partial charge is 0.494 e. The molecule has 1 atom stereocenters. The molecule has 1 unspecified atom stereocenters. The van der Waals surface area contributed by atoms with E-state index in [-0.39, 0.29) is 18.0 Å². The third-order valence-corrected chi connectivity index (χ3v) is 4.65. The van der Waals surface area contributed by atoms with Crippen LogP contribution in [-0.4, -0.2) is 41.5 Å². The summed E-state index contributed by atoms with van der Waals surface area (Å²) in [7, 11) is 1.36. The number of rotatable bonds is 6. The number of benzene rings is 2. The van der Waals surface area contributed by atoms with Gasteiger partial charge in [0, 0.05) is 12.6 Å². The molecule has 9 nitrogen and oxygen atoms in total. The van der Waals surface area contributed by atoms with Gasteiger partial charge in [-0.25, -0.2) is 4.79 Å². The Balaban J connectivity index is 1.65. The zero-order chi connectivity index (χ0) is 20.8. The van der Waals surface area contributed by atoms with E-state index in [0.717, 1.165) is 5.56 Å². The topological polar surface area (TPSA) is 111 Å². The van der Waals surface area contributed by atoms with Crippen molar-refractivity contribution in [3.8, 4) is 5.75 Å². The quantitative estimate of drug-likeness (QED) is 0.589. The molecule has 0 aromatic heterocycles. The van der Waals surface area contributed by atoms with Crippen molar-refractivity contribution in [2.45, 2.75) is 25.5 Å². The molecule has 0 bridgehead atoms. The summed E-state index contributed by atoms with van der Waals surface area (Å²) in [5, 5.41) is 13.6. The highest BCUT2D eigenvalue weighted by Gasteiger charge is 2.35. The fourth-order valence-corrected chi connectivity index (χ4v) is 3.17. The zero-order valence-electron chi connectivity index (χ0n) is 15.9. The Morgan fingerprint density at radius 2 is 2.00 bits per heavy atom. The summed E-state index contributed by atoms with van der Waals surface area (Å²) >= 11 is 0. The summed E-state index contributed by atoms with van der Waals surface area (Å²) in [6, 6.07) is 12.5. The molecule has 1 saturated heterocycles. The van der Waals surface area contributed by atoms with Gasteiger partial charge in [0.05, 0.1) is 23.8 Å². The smallest absolute Gasteiger partial charge is 0.410 e. The van der Waals surface area contributed by atoms with Crippen LogP contribution in [0.2, 0.25) is 0 Å². The van der Waals surface area contributed by atoms with E-state index >= 15 is 0 Å². The molecule has 0 aliphatic carbocycles. The van der Waals surface area contributed by atoms with E-state index in [1.807, 2.05) is 30.3 Å². The molecule has 1 aliphatic heterocycles. The first kappa shape index (κ1) is 20.1. The van der Waals surface area contributed by atoms with Gasteiger partial charge in [-0.2, -0.15) is 0 Å². The third kappa shape index (κ3) is 4.81. The number of carbonyl (C=O) groups excluding carboxylic acids is 2. The van der Waals surface area contributed by atoms with Crippen LogP contribution in [0.25, 0.3) is 0 Å². The lowest BCUT2D eigenvalue weighted by molar-refractivity contribution is -0.384. The molecule has 1 aliphatic rings. The van der Waals surface area contributed by atoms with Crippen LogP contribution in [0.3, 0.4) is 0 Å². The molecule has 1 heterocycles. The summed E-state index contributed by atoms with van der Waals surface area (Å²) < 4.78 is 10.5. The minimum absolute atomic E-state index is 0.126. The molecular formula is C20H21N3O6. The van der Waals surface area contributed by atoms with Crippen molar-refractivity contribution < 1.29 is 24.0 Å². The van der Waals surface area contributed by atoms with Gasteiger partial charge in [-0.15, -0.1) is 0 Å². The second kappa shape index (κ2) is 9.05.